The van der Waals surface area contributed by atoms with Gasteiger partial charge in [0.1, 0.15) is 0 Å². The number of carbonyl (C=O) groups excluding carboxylic acids is 1. The summed E-state index contributed by atoms with van der Waals surface area (Å²) < 4.78 is 0. The minimum Gasteiger partial charge on any atom is -0.481 e. The zero-order chi connectivity index (χ0) is 13.1. The predicted molar refractivity (Wildman–Crippen MR) is 64.4 cm³/mol. The molecular formula is C12H22N2O3. The minimum absolute atomic E-state index is 0.00606. The zero-order valence-corrected chi connectivity index (χ0v) is 10.6. The fraction of sp³-hybridized carbons (Fsp3) is 0.833. The van der Waals surface area contributed by atoms with Gasteiger partial charge in [-0.15, -0.1) is 0 Å². The Kier molecular flexibility index (Phi) is 4.51. The highest BCUT2D eigenvalue weighted by molar-refractivity contribution is 5.83. The Bertz CT molecular complexity index is 300. The number of carboxylic acid groups (broad SMARTS) is 1. The van der Waals surface area contributed by atoms with Crippen LogP contribution in [0.2, 0.25) is 0 Å². The van der Waals surface area contributed by atoms with Gasteiger partial charge in [0.25, 0.3) is 0 Å². The van der Waals surface area contributed by atoms with Gasteiger partial charge >= 0.3 is 5.97 Å². The van der Waals surface area contributed by atoms with Crippen LogP contribution in [0.1, 0.15) is 33.1 Å². The lowest BCUT2D eigenvalue weighted by molar-refractivity contribution is -0.149. The molecule has 5 heteroatoms. The number of carbonyl (C=O) groups is 2. The first kappa shape index (κ1) is 14.0. The Morgan fingerprint density at radius 2 is 2.18 bits per heavy atom. The fourth-order valence-electron chi connectivity index (χ4n) is 2.13. The molecule has 0 aromatic carbocycles. The Morgan fingerprint density at radius 3 is 2.65 bits per heavy atom. The van der Waals surface area contributed by atoms with Gasteiger partial charge in [0, 0.05) is 19.6 Å². The minimum atomic E-state index is -0.812. The van der Waals surface area contributed by atoms with Crippen molar-refractivity contribution in [1.82, 2.24) is 4.90 Å². The van der Waals surface area contributed by atoms with E-state index >= 15 is 0 Å². The van der Waals surface area contributed by atoms with Crippen molar-refractivity contribution in [3.05, 3.63) is 0 Å². The normalized spacial score (nSPS) is 24.2. The van der Waals surface area contributed by atoms with Crippen molar-refractivity contribution < 1.29 is 14.7 Å². The number of hydrogen-bond donors (Lipinski definition) is 2. The molecule has 1 aliphatic heterocycles. The molecule has 1 amide bonds. The number of nitrogens with two attached hydrogens (primary N) is 1. The number of rotatable bonds is 4. The van der Waals surface area contributed by atoms with Crippen molar-refractivity contribution in [2.24, 2.45) is 17.1 Å². The molecule has 1 rings (SSSR count). The Balaban J connectivity index is 2.72. The number of carboxylic acids is 1. The molecule has 0 spiro atoms. The summed E-state index contributed by atoms with van der Waals surface area (Å²) in [6.07, 6.45) is 2.09. The van der Waals surface area contributed by atoms with E-state index in [4.69, 9.17) is 10.8 Å². The van der Waals surface area contributed by atoms with E-state index in [0.717, 1.165) is 6.42 Å². The number of aliphatic carboxylic acids is 1. The van der Waals surface area contributed by atoms with Crippen molar-refractivity contribution in [2.75, 3.05) is 19.6 Å². The molecule has 0 bridgehead atoms. The molecule has 0 radical (unpaired) electrons. The third-order valence-electron chi connectivity index (χ3n) is 3.81. The van der Waals surface area contributed by atoms with Crippen molar-refractivity contribution >= 4 is 11.9 Å². The van der Waals surface area contributed by atoms with Crippen molar-refractivity contribution in [1.29, 1.82) is 0 Å². The third-order valence-corrected chi connectivity index (χ3v) is 3.81. The maximum absolute atomic E-state index is 12.3. The van der Waals surface area contributed by atoms with Crippen LogP contribution in [-0.2, 0) is 9.59 Å². The van der Waals surface area contributed by atoms with Crippen LogP contribution in [-0.4, -0.2) is 41.5 Å². The smallest absolute Gasteiger partial charge is 0.308 e. The summed E-state index contributed by atoms with van der Waals surface area (Å²) in [6.45, 7) is 5.06. The molecule has 0 saturated carbocycles. The molecule has 2 unspecified atom stereocenters. The van der Waals surface area contributed by atoms with E-state index in [1.807, 2.05) is 13.8 Å². The molecule has 0 aromatic rings. The van der Waals surface area contributed by atoms with Crippen LogP contribution in [0.5, 0.6) is 0 Å². The number of nitrogens with zero attached hydrogens (tertiary/aromatic N) is 1. The quantitative estimate of drug-likeness (QED) is 0.759. The van der Waals surface area contributed by atoms with E-state index in [-0.39, 0.29) is 5.91 Å². The van der Waals surface area contributed by atoms with Gasteiger partial charge in [-0.05, 0) is 26.2 Å². The highest BCUT2D eigenvalue weighted by Gasteiger charge is 2.37. The highest BCUT2D eigenvalue weighted by Crippen LogP contribution is 2.26. The monoisotopic (exact) mass is 242 g/mol. The van der Waals surface area contributed by atoms with E-state index in [1.54, 1.807) is 4.90 Å². The van der Waals surface area contributed by atoms with Crippen LogP contribution in [0.4, 0.5) is 0 Å². The molecule has 2 atom stereocenters. The molecular weight excluding hydrogens is 220 g/mol. The second kappa shape index (κ2) is 5.49. The zero-order valence-electron chi connectivity index (χ0n) is 10.6. The lowest BCUT2D eigenvalue weighted by Gasteiger charge is -2.37. The lowest BCUT2D eigenvalue weighted by Crippen LogP contribution is -2.50. The molecule has 98 valence electrons. The van der Waals surface area contributed by atoms with Gasteiger partial charge in [0.15, 0.2) is 0 Å². The summed E-state index contributed by atoms with van der Waals surface area (Å²) in [5, 5.41) is 8.99. The number of amides is 1. The van der Waals surface area contributed by atoms with Crippen LogP contribution in [0.25, 0.3) is 0 Å². The van der Waals surface area contributed by atoms with Gasteiger partial charge < -0.3 is 15.7 Å². The van der Waals surface area contributed by atoms with E-state index in [2.05, 4.69) is 0 Å². The molecule has 0 aromatic heterocycles. The lowest BCUT2D eigenvalue weighted by atomic mass is 9.84. The molecule has 1 aliphatic rings. The molecule has 3 N–H and O–H groups in total. The van der Waals surface area contributed by atoms with Crippen molar-refractivity contribution in [3.8, 4) is 0 Å². The number of hydrogen-bond acceptors (Lipinski definition) is 3. The second-order valence-corrected chi connectivity index (χ2v) is 5.05. The van der Waals surface area contributed by atoms with Crippen molar-refractivity contribution in [2.45, 2.75) is 33.1 Å². The van der Waals surface area contributed by atoms with Crippen LogP contribution >= 0.6 is 0 Å². The first-order valence-electron chi connectivity index (χ1n) is 6.17. The summed E-state index contributed by atoms with van der Waals surface area (Å²) in [6, 6.07) is 0. The average molecular weight is 242 g/mol. The van der Waals surface area contributed by atoms with Crippen LogP contribution in [0.3, 0.4) is 0 Å². The fourth-order valence-corrected chi connectivity index (χ4v) is 2.13. The molecule has 1 saturated heterocycles. The highest BCUT2D eigenvalue weighted by atomic mass is 16.4. The molecule has 1 fully saturated rings. The van der Waals surface area contributed by atoms with E-state index in [0.29, 0.717) is 32.5 Å². The van der Waals surface area contributed by atoms with Crippen LogP contribution < -0.4 is 5.73 Å². The SMILES string of the molecule is CCC(C)(CN)C(=O)N1CCCC(C(=O)O)C1. The van der Waals surface area contributed by atoms with Gasteiger partial charge in [0.2, 0.25) is 5.91 Å². The topological polar surface area (TPSA) is 83.6 Å². The standard InChI is InChI=1S/C12H22N2O3/c1-3-12(2,8-13)11(17)14-6-4-5-9(7-14)10(15)16/h9H,3-8,13H2,1-2H3,(H,15,16). The van der Waals surface area contributed by atoms with Crippen LogP contribution in [0, 0.1) is 11.3 Å². The maximum atomic E-state index is 12.3. The van der Waals surface area contributed by atoms with Crippen LogP contribution in [0.15, 0.2) is 0 Å². The number of piperidine rings is 1. The van der Waals surface area contributed by atoms with E-state index in [9.17, 15) is 9.59 Å². The van der Waals surface area contributed by atoms with Gasteiger partial charge in [-0.2, -0.15) is 0 Å². The van der Waals surface area contributed by atoms with Gasteiger partial charge in [-0.25, -0.2) is 0 Å². The first-order valence-corrected chi connectivity index (χ1v) is 6.17. The average Bonchev–Trinajstić information content (AvgIpc) is 2.37. The van der Waals surface area contributed by atoms with Gasteiger partial charge in [-0.1, -0.05) is 6.92 Å². The summed E-state index contributed by atoms with van der Waals surface area (Å²) in [5.41, 5.74) is 5.10. The first-order chi connectivity index (χ1) is 7.94. The number of likely N-dealkylation sites (tertiary alicyclic amines) is 1. The summed E-state index contributed by atoms with van der Waals surface area (Å²) in [5.74, 6) is -1.24. The summed E-state index contributed by atoms with van der Waals surface area (Å²) in [4.78, 5) is 24.9. The van der Waals surface area contributed by atoms with E-state index in [1.165, 1.54) is 0 Å². The summed E-state index contributed by atoms with van der Waals surface area (Å²) in [7, 11) is 0. The van der Waals surface area contributed by atoms with E-state index < -0.39 is 17.3 Å². The Hall–Kier alpha value is -1.10. The molecule has 5 nitrogen and oxygen atoms in total. The molecule has 1 heterocycles. The molecule has 17 heavy (non-hydrogen) atoms. The summed E-state index contributed by atoms with van der Waals surface area (Å²) >= 11 is 0. The maximum Gasteiger partial charge on any atom is 0.308 e. The third kappa shape index (κ3) is 2.97. The largest absolute Gasteiger partial charge is 0.481 e. The second-order valence-electron chi connectivity index (χ2n) is 5.05. The van der Waals surface area contributed by atoms with Gasteiger partial charge in [0.05, 0.1) is 11.3 Å². The molecule has 0 aliphatic carbocycles. The Labute approximate surface area is 102 Å². The Morgan fingerprint density at radius 1 is 1.53 bits per heavy atom. The van der Waals surface area contributed by atoms with Gasteiger partial charge in [-0.3, -0.25) is 9.59 Å². The predicted octanol–water partition coefficient (Wildman–Crippen LogP) is 0.685. The van der Waals surface area contributed by atoms with Crippen molar-refractivity contribution in [3.63, 3.8) is 0 Å².